The van der Waals surface area contributed by atoms with E-state index in [0.717, 1.165) is 0 Å². The third-order valence-corrected chi connectivity index (χ3v) is 5.46. The van der Waals surface area contributed by atoms with Crippen molar-refractivity contribution in [1.82, 2.24) is 14.2 Å². The molecule has 0 fully saturated rings. The molecular weight excluding hydrogens is 333 g/mol. The molecule has 0 saturated carbocycles. The molecule has 0 bridgehead atoms. The van der Waals surface area contributed by atoms with Gasteiger partial charge in [0, 0.05) is 37.9 Å². The van der Waals surface area contributed by atoms with Crippen molar-refractivity contribution >= 4 is 15.9 Å². The second-order valence-corrected chi connectivity index (χ2v) is 7.32. The van der Waals surface area contributed by atoms with Crippen LogP contribution in [-0.2, 0) is 23.1 Å². The minimum atomic E-state index is -3.83. The molecule has 2 heterocycles. The molecule has 128 valence electrons. The number of nitrogens with one attached hydrogen (secondary N) is 1. The first-order chi connectivity index (χ1) is 11.4. The number of carbonyl (C=O) groups excluding carboxylic acids is 1. The molecule has 1 aliphatic rings. The Balaban J connectivity index is 1.81. The number of hydrogen-bond acceptors (Lipinski definition) is 3. The summed E-state index contributed by atoms with van der Waals surface area (Å²) < 4.78 is 42.5. The van der Waals surface area contributed by atoms with Gasteiger partial charge in [0.05, 0.1) is 0 Å². The lowest BCUT2D eigenvalue weighted by atomic mass is 10.2. The predicted molar refractivity (Wildman–Crippen MR) is 86.4 cm³/mol. The van der Waals surface area contributed by atoms with E-state index >= 15 is 0 Å². The summed E-state index contributed by atoms with van der Waals surface area (Å²) in [5.41, 5.74) is 0.618. The molecule has 0 atom stereocenters. The van der Waals surface area contributed by atoms with E-state index in [-0.39, 0.29) is 22.9 Å². The molecule has 24 heavy (non-hydrogen) atoms. The number of rotatable bonds is 5. The third-order valence-electron chi connectivity index (χ3n) is 4.09. The van der Waals surface area contributed by atoms with Crippen LogP contribution in [0.1, 0.15) is 23.0 Å². The maximum Gasteiger partial charge on any atom is 0.270 e. The van der Waals surface area contributed by atoms with E-state index in [1.54, 1.807) is 21.6 Å². The molecule has 0 aliphatic carbocycles. The predicted octanol–water partition coefficient (Wildman–Crippen LogP) is 1.58. The van der Waals surface area contributed by atoms with Crippen LogP contribution in [0.25, 0.3) is 0 Å². The molecule has 0 saturated heterocycles. The molecule has 1 aromatic carbocycles. The zero-order valence-electron chi connectivity index (χ0n) is 13.2. The number of halogens is 1. The highest BCUT2D eigenvalue weighted by atomic mass is 32.2. The topological polar surface area (TPSA) is 71.4 Å². The summed E-state index contributed by atoms with van der Waals surface area (Å²) >= 11 is 0. The van der Waals surface area contributed by atoms with Crippen molar-refractivity contribution in [2.24, 2.45) is 0 Å². The van der Waals surface area contributed by atoms with Crippen LogP contribution in [0.5, 0.6) is 0 Å². The van der Waals surface area contributed by atoms with Gasteiger partial charge in [-0.2, -0.15) is 0 Å². The molecule has 6 nitrogen and oxygen atoms in total. The highest BCUT2D eigenvalue weighted by molar-refractivity contribution is 7.89. The number of benzene rings is 1. The van der Waals surface area contributed by atoms with E-state index in [1.807, 2.05) is 6.92 Å². The Bertz CT molecular complexity index is 876. The number of aromatic nitrogens is 1. The van der Waals surface area contributed by atoms with Crippen LogP contribution in [0.15, 0.2) is 41.4 Å². The Labute approximate surface area is 139 Å². The van der Waals surface area contributed by atoms with Crippen LogP contribution in [0.4, 0.5) is 4.39 Å². The van der Waals surface area contributed by atoms with Crippen LogP contribution in [0, 0.1) is 5.82 Å². The van der Waals surface area contributed by atoms with Gasteiger partial charge in [0.25, 0.3) is 5.91 Å². The van der Waals surface area contributed by atoms with Crippen LogP contribution in [0.3, 0.4) is 0 Å². The number of nitrogens with zero attached hydrogens (tertiary/aromatic N) is 2. The summed E-state index contributed by atoms with van der Waals surface area (Å²) in [5, 5.41) is 0. The number of fused-ring (bicyclic) bond motifs is 1. The van der Waals surface area contributed by atoms with Gasteiger partial charge in [-0.3, -0.25) is 4.79 Å². The summed E-state index contributed by atoms with van der Waals surface area (Å²) in [4.78, 5) is 13.9. The zero-order chi connectivity index (χ0) is 17.3. The average molecular weight is 351 g/mol. The lowest BCUT2D eigenvalue weighted by Gasteiger charge is -2.26. The first-order valence-electron chi connectivity index (χ1n) is 7.65. The van der Waals surface area contributed by atoms with Crippen molar-refractivity contribution in [2.75, 3.05) is 13.1 Å². The van der Waals surface area contributed by atoms with Crippen molar-refractivity contribution < 1.29 is 17.6 Å². The minimum absolute atomic E-state index is 0.0140. The quantitative estimate of drug-likeness (QED) is 0.889. The lowest BCUT2D eigenvalue weighted by molar-refractivity contribution is 0.0715. The van der Waals surface area contributed by atoms with Gasteiger partial charge in [-0.1, -0.05) is 18.2 Å². The van der Waals surface area contributed by atoms with E-state index in [2.05, 4.69) is 4.72 Å². The number of amides is 1. The van der Waals surface area contributed by atoms with Gasteiger partial charge in [0.2, 0.25) is 10.0 Å². The monoisotopic (exact) mass is 351 g/mol. The van der Waals surface area contributed by atoms with Crippen molar-refractivity contribution in [3.63, 3.8) is 0 Å². The normalized spacial score (nSPS) is 14.8. The second kappa shape index (κ2) is 6.37. The van der Waals surface area contributed by atoms with E-state index in [1.165, 1.54) is 24.4 Å². The van der Waals surface area contributed by atoms with Gasteiger partial charge in [0.15, 0.2) is 0 Å². The number of carbonyl (C=O) groups is 1. The average Bonchev–Trinajstić information content (AvgIpc) is 3.01. The molecule has 1 aromatic heterocycles. The summed E-state index contributed by atoms with van der Waals surface area (Å²) in [6.45, 7) is 3.42. The molecule has 0 radical (unpaired) electrons. The molecule has 3 rings (SSSR count). The fraction of sp³-hybridized carbons (Fsp3) is 0.312. The Morgan fingerprint density at radius 2 is 2.00 bits per heavy atom. The number of hydrogen-bond donors (Lipinski definition) is 1. The highest BCUT2D eigenvalue weighted by Gasteiger charge is 2.27. The Kier molecular flexibility index (Phi) is 4.42. The fourth-order valence-corrected chi connectivity index (χ4v) is 3.73. The maximum atomic E-state index is 13.6. The van der Waals surface area contributed by atoms with E-state index in [0.29, 0.717) is 25.3 Å². The lowest BCUT2D eigenvalue weighted by Crippen LogP contribution is -2.39. The smallest absolute Gasteiger partial charge is 0.270 e. The minimum Gasteiger partial charge on any atom is -0.340 e. The SMILES string of the molecule is CCN1CCn2cc(S(=O)(=O)NCc3ccccc3F)cc2C1=O. The van der Waals surface area contributed by atoms with Gasteiger partial charge < -0.3 is 9.47 Å². The highest BCUT2D eigenvalue weighted by Crippen LogP contribution is 2.20. The Morgan fingerprint density at radius 3 is 2.71 bits per heavy atom. The Morgan fingerprint density at radius 1 is 1.25 bits per heavy atom. The second-order valence-electron chi connectivity index (χ2n) is 5.56. The summed E-state index contributed by atoms with van der Waals surface area (Å²) in [6.07, 6.45) is 1.45. The van der Waals surface area contributed by atoms with Gasteiger partial charge in [-0.05, 0) is 19.1 Å². The zero-order valence-corrected chi connectivity index (χ0v) is 14.0. The van der Waals surface area contributed by atoms with Crippen molar-refractivity contribution in [3.05, 3.63) is 53.6 Å². The first-order valence-corrected chi connectivity index (χ1v) is 9.13. The molecule has 0 spiro atoms. The summed E-state index contributed by atoms with van der Waals surface area (Å²) in [6, 6.07) is 7.35. The Hall–Kier alpha value is -2.19. The van der Waals surface area contributed by atoms with E-state index in [4.69, 9.17) is 0 Å². The summed E-state index contributed by atoms with van der Waals surface area (Å²) in [7, 11) is -3.83. The van der Waals surface area contributed by atoms with Gasteiger partial charge in [0.1, 0.15) is 16.4 Å². The fourth-order valence-electron chi connectivity index (χ4n) is 2.69. The van der Waals surface area contributed by atoms with Crippen LogP contribution in [0.2, 0.25) is 0 Å². The molecule has 1 aliphatic heterocycles. The van der Waals surface area contributed by atoms with Gasteiger partial charge in [-0.25, -0.2) is 17.5 Å². The molecule has 8 heteroatoms. The first kappa shape index (κ1) is 16.7. The van der Waals surface area contributed by atoms with E-state index in [9.17, 15) is 17.6 Å². The molecule has 1 N–H and O–H groups in total. The number of likely N-dealkylation sites (N-methyl/N-ethyl adjacent to an activating group) is 1. The third kappa shape index (κ3) is 3.07. The van der Waals surface area contributed by atoms with Crippen LogP contribution < -0.4 is 4.72 Å². The standard InChI is InChI=1S/C16H18FN3O3S/c1-2-19-7-8-20-11-13(9-15(20)16(19)21)24(22,23)18-10-12-5-3-4-6-14(12)17/h3-6,9,11,18H,2,7-8,10H2,1H3. The number of sulfonamides is 1. The van der Waals surface area contributed by atoms with Gasteiger partial charge >= 0.3 is 0 Å². The van der Waals surface area contributed by atoms with Crippen LogP contribution in [-0.4, -0.2) is 36.9 Å². The van der Waals surface area contributed by atoms with Crippen molar-refractivity contribution in [1.29, 1.82) is 0 Å². The van der Waals surface area contributed by atoms with E-state index < -0.39 is 15.8 Å². The molecule has 1 amide bonds. The van der Waals surface area contributed by atoms with Crippen molar-refractivity contribution in [2.45, 2.75) is 24.9 Å². The maximum absolute atomic E-state index is 13.6. The molecular formula is C16H18FN3O3S. The summed E-state index contributed by atoms with van der Waals surface area (Å²) in [5.74, 6) is -0.649. The van der Waals surface area contributed by atoms with Crippen LogP contribution >= 0.6 is 0 Å². The molecule has 0 unspecified atom stereocenters. The van der Waals surface area contributed by atoms with Gasteiger partial charge in [-0.15, -0.1) is 0 Å². The molecule has 2 aromatic rings. The largest absolute Gasteiger partial charge is 0.340 e. The van der Waals surface area contributed by atoms with Crippen molar-refractivity contribution in [3.8, 4) is 0 Å².